The van der Waals surface area contributed by atoms with E-state index in [2.05, 4.69) is 31.8 Å². The molecule has 0 aromatic carbocycles. The van der Waals surface area contributed by atoms with Gasteiger partial charge in [0.1, 0.15) is 11.7 Å². The van der Waals surface area contributed by atoms with E-state index in [1.807, 2.05) is 0 Å². The molecule has 4 atom stereocenters. The van der Waals surface area contributed by atoms with Gasteiger partial charge in [0.05, 0.1) is 12.1 Å². The second-order valence-corrected chi connectivity index (χ2v) is 6.64. The number of thiol groups is 1. The summed E-state index contributed by atoms with van der Waals surface area (Å²) in [6.07, 6.45) is 2.75. The van der Waals surface area contributed by atoms with E-state index in [0.29, 0.717) is 17.6 Å². The van der Waals surface area contributed by atoms with Crippen LogP contribution in [0.3, 0.4) is 0 Å². The van der Waals surface area contributed by atoms with Gasteiger partial charge < -0.3 is 10.4 Å². The van der Waals surface area contributed by atoms with Crippen LogP contribution in [0.5, 0.6) is 0 Å². The van der Waals surface area contributed by atoms with Gasteiger partial charge in [-0.2, -0.15) is 12.6 Å². The Morgan fingerprint density at radius 2 is 2.11 bits per heavy atom. The molecule has 1 aliphatic heterocycles. The summed E-state index contributed by atoms with van der Waals surface area (Å²) in [6, 6.07) is -0.291. The molecule has 0 aliphatic carbocycles. The second kappa shape index (κ2) is 7.29. The molecule has 0 saturated carbocycles. The molecule has 4 nitrogen and oxygen atoms in total. The number of aliphatic hydroxyl groups excluding tert-OH is 1. The lowest BCUT2D eigenvalue weighted by Crippen LogP contribution is -2.33. The molecular formula is C14H25NO3S. The number of hydrogen-bond donors (Lipinski definition) is 3. The third kappa shape index (κ3) is 4.80. The molecule has 1 heterocycles. The summed E-state index contributed by atoms with van der Waals surface area (Å²) in [4.78, 5) is 22.9. The Kier molecular flexibility index (Phi) is 6.33. The van der Waals surface area contributed by atoms with Crippen LogP contribution >= 0.6 is 12.6 Å². The minimum Gasteiger partial charge on any atom is -0.390 e. The van der Waals surface area contributed by atoms with Crippen LogP contribution in [0.4, 0.5) is 0 Å². The van der Waals surface area contributed by atoms with Gasteiger partial charge in [-0.15, -0.1) is 0 Å². The normalized spacial score (nSPS) is 28.5. The third-order valence-corrected chi connectivity index (χ3v) is 4.07. The fraction of sp³-hybridized carbons (Fsp3) is 0.857. The number of rotatable bonds is 7. The first-order valence-corrected chi connectivity index (χ1v) is 7.51. The highest BCUT2D eigenvalue weighted by molar-refractivity contribution is 7.80. The van der Waals surface area contributed by atoms with Gasteiger partial charge in [-0.1, -0.05) is 20.3 Å². The zero-order chi connectivity index (χ0) is 14.6. The lowest BCUT2D eigenvalue weighted by atomic mass is 9.94. The molecule has 1 rings (SSSR count). The van der Waals surface area contributed by atoms with Crippen molar-refractivity contribution in [2.75, 3.05) is 0 Å². The Morgan fingerprint density at radius 1 is 1.47 bits per heavy atom. The van der Waals surface area contributed by atoms with Crippen LogP contribution in [-0.4, -0.2) is 34.2 Å². The molecule has 19 heavy (non-hydrogen) atoms. The lowest BCUT2D eigenvalue weighted by Gasteiger charge is -2.17. The molecular weight excluding hydrogens is 262 g/mol. The second-order valence-electron chi connectivity index (χ2n) is 5.91. The first kappa shape index (κ1) is 16.5. The highest BCUT2D eigenvalue weighted by atomic mass is 32.1. The smallest absolute Gasteiger partial charge is 0.233 e. The Balaban J connectivity index is 2.35. The molecule has 0 radical (unpaired) electrons. The number of carbonyl (C=O) groups excluding carboxylic acids is 2. The number of hydrogen-bond acceptors (Lipinski definition) is 4. The molecule has 5 heteroatoms. The number of aliphatic hydroxyl groups is 1. The van der Waals surface area contributed by atoms with Crippen LogP contribution in [0.2, 0.25) is 0 Å². The maximum atomic E-state index is 11.6. The first-order chi connectivity index (χ1) is 8.82. The van der Waals surface area contributed by atoms with Crippen LogP contribution in [0.1, 0.15) is 46.5 Å². The summed E-state index contributed by atoms with van der Waals surface area (Å²) >= 11 is 4.53. The topological polar surface area (TPSA) is 66.4 Å². The van der Waals surface area contributed by atoms with Gasteiger partial charge in [-0.05, 0) is 32.1 Å². The van der Waals surface area contributed by atoms with E-state index in [1.165, 1.54) is 6.92 Å². The molecule has 4 unspecified atom stereocenters. The van der Waals surface area contributed by atoms with Crippen LogP contribution in [0, 0.1) is 11.8 Å². The van der Waals surface area contributed by atoms with E-state index in [0.717, 1.165) is 19.3 Å². The predicted molar refractivity (Wildman–Crippen MR) is 78.2 cm³/mol. The number of nitrogens with one attached hydrogen (secondary N) is 1. The van der Waals surface area contributed by atoms with Gasteiger partial charge in [0.2, 0.25) is 5.91 Å². The maximum absolute atomic E-state index is 11.6. The summed E-state index contributed by atoms with van der Waals surface area (Å²) in [5.74, 6) is -0.859. The Labute approximate surface area is 120 Å². The van der Waals surface area contributed by atoms with Gasteiger partial charge in [0, 0.05) is 5.25 Å². The minimum atomic E-state index is -0.882. The zero-order valence-corrected chi connectivity index (χ0v) is 12.8. The molecule has 1 saturated heterocycles. The van der Waals surface area contributed by atoms with Crippen molar-refractivity contribution in [3.05, 3.63) is 0 Å². The minimum absolute atomic E-state index is 0.264. The molecule has 1 aliphatic rings. The molecule has 0 aromatic heterocycles. The van der Waals surface area contributed by atoms with Crippen LogP contribution in [-0.2, 0) is 9.59 Å². The quantitative estimate of drug-likeness (QED) is 0.492. The molecule has 1 fully saturated rings. The summed E-state index contributed by atoms with van der Waals surface area (Å²) < 4.78 is 0. The molecule has 0 aromatic rings. The van der Waals surface area contributed by atoms with Crippen molar-refractivity contribution in [1.82, 2.24) is 5.32 Å². The van der Waals surface area contributed by atoms with Crippen LogP contribution in [0.15, 0.2) is 0 Å². The SMILES string of the molecule is CC(=O)C1C(=O)NC(CCCC(S)CC(C)C)C1O. The summed E-state index contributed by atoms with van der Waals surface area (Å²) in [5.41, 5.74) is 0. The van der Waals surface area contributed by atoms with E-state index in [1.54, 1.807) is 0 Å². The van der Waals surface area contributed by atoms with E-state index in [-0.39, 0.29) is 17.7 Å². The molecule has 2 N–H and O–H groups in total. The van der Waals surface area contributed by atoms with E-state index < -0.39 is 12.0 Å². The van der Waals surface area contributed by atoms with Gasteiger partial charge in [0.15, 0.2) is 0 Å². The van der Waals surface area contributed by atoms with Crippen molar-refractivity contribution >= 4 is 24.3 Å². The van der Waals surface area contributed by atoms with Crippen molar-refractivity contribution in [2.24, 2.45) is 11.8 Å². The van der Waals surface area contributed by atoms with Crippen molar-refractivity contribution in [3.8, 4) is 0 Å². The first-order valence-electron chi connectivity index (χ1n) is 7.00. The highest BCUT2D eigenvalue weighted by Crippen LogP contribution is 2.23. The number of ketones is 1. The summed E-state index contributed by atoms with van der Waals surface area (Å²) in [7, 11) is 0. The highest BCUT2D eigenvalue weighted by Gasteiger charge is 2.43. The monoisotopic (exact) mass is 287 g/mol. The zero-order valence-electron chi connectivity index (χ0n) is 11.9. The summed E-state index contributed by atoms with van der Waals surface area (Å²) in [6.45, 7) is 5.69. The van der Waals surface area contributed by atoms with Gasteiger partial charge in [-0.25, -0.2) is 0 Å². The molecule has 1 amide bonds. The number of amides is 1. The van der Waals surface area contributed by atoms with Crippen LogP contribution in [0.25, 0.3) is 0 Å². The fourth-order valence-corrected chi connectivity index (χ4v) is 3.25. The lowest BCUT2D eigenvalue weighted by molar-refractivity contribution is -0.132. The average molecular weight is 287 g/mol. The largest absolute Gasteiger partial charge is 0.390 e. The summed E-state index contributed by atoms with van der Waals surface area (Å²) in [5, 5.41) is 13.1. The van der Waals surface area contributed by atoms with Crippen molar-refractivity contribution < 1.29 is 14.7 Å². The Morgan fingerprint density at radius 3 is 2.58 bits per heavy atom. The van der Waals surface area contributed by atoms with Crippen molar-refractivity contribution in [2.45, 2.75) is 63.9 Å². The standard InChI is InChI=1S/C14H25NO3S/c1-8(2)7-10(19)5-4-6-11-13(17)12(9(3)16)14(18)15-11/h8,10-13,17,19H,4-7H2,1-3H3,(H,15,18). The number of carbonyl (C=O) groups is 2. The maximum Gasteiger partial charge on any atom is 0.233 e. The fourth-order valence-electron chi connectivity index (χ4n) is 2.65. The van der Waals surface area contributed by atoms with E-state index in [4.69, 9.17) is 0 Å². The average Bonchev–Trinajstić information content (AvgIpc) is 2.52. The van der Waals surface area contributed by atoms with E-state index >= 15 is 0 Å². The van der Waals surface area contributed by atoms with Crippen molar-refractivity contribution in [3.63, 3.8) is 0 Å². The third-order valence-electron chi connectivity index (χ3n) is 3.60. The van der Waals surface area contributed by atoms with Gasteiger partial charge in [0.25, 0.3) is 0 Å². The predicted octanol–water partition coefficient (Wildman–Crippen LogP) is 1.57. The van der Waals surface area contributed by atoms with Gasteiger partial charge in [-0.3, -0.25) is 9.59 Å². The Hall–Kier alpha value is -0.550. The van der Waals surface area contributed by atoms with Gasteiger partial charge >= 0.3 is 0 Å². The molecule has 0 spiro atoms. The molecule has 0 bridgehead atoms. The van der Waals surface area contributed by atoms with Crippen LogP contribution < -0.4 is 5.32 Å². The number of Topliss-reactive ketones (excluding diaryl/α,β-unsaturated/α-hetero) is 1. The van der Waals surface area contributed by atoms with Crippen molar-refractivity contribution in [1.29, 1.82) is 0 Å². The molecule has 110 valence electrons. The Bertz CT molecular complexity index is 333. The van der Waals surface area contributed by atoms with E-state index in [9.17, 15) is 14.7 Å².